The van der Waals surface area contributed by atoms with E-state index in [0.717, 1.165) is 22.8 Å². The van der Waals surface area contributed by atoms with Crippen LogP contribution in [0.2, 0.25) is 0 Å². The van der Waals surface area contributed by atoms with Gasteiger partial charge in [-0.2, -0.15) is 9.48 Å². The lowest BCUT2D eigenvalue weighted by molar-refractivity contribution is -0.146. The van der Waals surface area contributed by atoms with Crippen molar-refractivity contribution in [2.45, 2.75) is 70.6 Å². The minimum absolute atomic E-state index is 0.147. The van der Waals surface area contributed by atoms with Crippen LogP contribution in [0.25, 0.3) is 10.8 Å². The molecule has 0 saturated carbocycles. The third-order valence-corrected chi connectivity index (χ3v) is 9.17. The van der Waals surface area contributed by atoms with E-state index in [9.17, 15) is 33.6 Å². The number of nitrogens with zero attached hydrogens (tertiary/aromatic N) is 1. The number of halogens is 1. The summed E-state index contributed by atoms with van der Waals surface area (Å²) in [5.74, 6) is -1.66. The smallest absolute Gasteiger partial charge is 0.459 e. The number of ether oxygens (including phenoxy) is 2. The number of carbonyl (C=O) groups excluding carboxylic acids is 1. The number of carbonyl (C=O) groups is 1. The lowest BCUT2D eigenvalue weighted by Gasteiger charge is -2.30. The van der Waals surface area contributed by atoms with Crippen molar-refractivity contribution in [2.75, 3.05) is 13.2 Å². The Morgan fingerprint density at radius 3 is 2.61 bits per heavy atom. The maximum atomic E-state index is 14.4. The Morgan fingerprint density at radius 1 is 1.20 bits per heavy atom. The molecule has 1 aliphatic heterocycles. The number of fused-ring (bicyclic) bond motifs is 1. The van der Waals surface area contributed by atoms with Crippen molar-refractivity contribution in [3.63, 3.8) is 0 Å². The van der Waals surface area contributed by atoms with Crippen molar-refractivity contribution >= 4 is 24.5 Å². The van der Waals surface area contributed by atoms with Crippen molar-refractivity contribution < 1.29 is 42.5 Å². The number of rotatable bonds is 14. The number of esters is 1. The van der Waals surface area contributed by atoms with E-state index in [0.29, 0.717) is 11.6 Å². The third-order valence-electron chi connectivity index (χ3n) is 7.48. The van der Waals surface area contributed by atoms with E-state index < -0.39 is 68.0 Å². The molecule has 0 amide bonds. The average Bonchev–Trinajstić information content (AvgIpc) is 3.39. The van der Waals surface area contributed by atoms with Crippen LogP contribution in [0.15, 0.2) is 58.3 Å². The molecule has 6 atom stereocenters. The molecule has 0 bridgehead atoms. The van der Waals surface area contributed by atoms with Crippen LogP contribution in [0.5, 0.6) is 5.75 Å². The van der Waals surface area contributed by atoms with Gasteiger partial charge in [-0.25, -0.2) is 9.36 Å². The SMILES string of the molecule is CCC(CC)COC(=O)[C@H](C)N[P@](=O)(Oc1cccc2ccccc12)O[C@H](CO)[C@H]1O[C@@H](n2cc(F)c(=O)[nH]c2=O)C[C@@H]1O. The molecule has 2 heterocycles. The molecule has 4 N–H and O–H groups in total. The van der Waals surface area contributed by atoms with Crippen LogP contribution in [-0.4, -0.2) is 63.3 Å². The van der Waals surface area contributed by atoms with Gasteiger partial charge in [0, 0.05) is 11.8 Å². The second-order valence-electron chi connectivity index (χ2n) is 10.6. The summed E-state index contributed by atoms with van der Waals surface area (Å²) in [5, 5.41) is 25.0. The zero-order valence-corrected chi connectivity index (χ0v) is 25.4. The highest BCUT2D eigenvalue weighted by Gasteiger charge is 2.45. The molecule has 0 aliphatic carbocycles. The number of hydrogen-bond acceptors (Lipinski definition) is 10. The fraction of sp³-hybridized carbons (Fsp3) is 0.483. The minimum Gasteiger partial charge on any atom is -0.464 e. The van der Waals surface area contributed by atoms with E-state index in [1.54, 1.807) is 24.3 Å². The Balaban J connectivity index is 1.60. The normalized spacial score (nSPS) is 21.2. The van der Waals surface area contributed by atoms with E-state index in [2.05, 4.69) is 5.09 Å². The highest BCUT2D eigenvalue weighted by Crippen LogP contribution is 2.49. The van der Waals surface area contributed by atoms with Gasteiger partial charge in [0.2, 0.25) is 5.82 Å². The van der Waals surface area contributed by atoms with Gasteiger partial charge in [0.1, 0.15) is 30.2 Å². The minimum atomic E-state index is -4.56. The first-order valence-corrected chi connectivity index (χ1v) is 15.9. The van der Waals surface area contributed by atoms with Gasteiger partial charge >= 0.3 is 19.4 Å². The Labute approximate surface area is 252 Å². The summed E-state index contributed by atoms with van der Waals surface area (Å²) >= 11 is 0. The van der Waals surface area contributed by atoms with E-state index >= 15 is 0 Å². The number of aromatic amines is 1. The van der Waals surface area contributed by atoms with Crippen LogP contribution in [-0.2, 0) is 23.4 Å². The summed E-state index contributed by atoms with van der Waals surface area (Å²) in [4.78, 5) is 38.4. The van der Waals surface area contributed by atoms with E-state index in [-0.39, 0.29) is 24.7 Å². The van der Waals surface area contributed by atoms with Gasteiger partial charge in [0.25, 0.3) is 5.56 Å². The number of nitrogens with one attached hydrogen (secondary N) is 2. The van der Waals surface area contributed by atoms with E-state index in [4.69, 9.17) is 18.5 Å². The monoisotopic (exact) mass is 637 g/mol. The molecule has 1 saturated heterocycles. The van der Waals surface area contributed by atoms with Gasteiger partial charge < -0.3 is 24.2 Å². The molecule has 0 spiro atoms. The summed E-state index contributed by atoms with van der Waals surface area (Å²) in [7, 11) is -4.56. The molecule has 3 aromatic rings. The number of aliphatic hydroxyl groups excluding tert-OH is 2. The Morgan fingerprint density at radius 2 is 1.91 bits per heavy atom. The Bertz CT molecular complexity index is 1600. The van der Waals surface area contributed by atoms with Gasteiger partial charge in [-0.3, -0.25) is 23.7 Å². The molecule has 1 fully saturated rings. The second-order valence-corrected chi connectivity index (χ2v) is 12.2. The fourth-order valence-corrected chi connectivity index (χ4v) is 6.55. The summed E-state index contributed by atoms with van der Waals surface area (Å²) in [5.41, 5.74) is -2.20. The van der Waals surface area contributed by atoms with Crippen molar-refractivity contribution in [1.29, 1.82) is 0 Å². The summed E-state index contributed by atoms with van der Waals surface area (Å²) in [6.45, 7) is 4.71. The molecule has 4 rings (SSSR count). The highest BCUT2D eigenvalue weighted by atomic mass is 31.2. The molecule has 240 valence electrons. The Kier molecular flexibility index (Phi) is 11.1. The number of benzene rings is 2. The predicted octanol–water partition coefficient (Wildman–Crippen LogP) is 3.00. The highest BCUT2D eigenvalue weighted by molar-refractivity contribution is 7.52. The number of aromatic nitrogens is 2. The van der Waals surface area contributed by atoms with E-state index in [1.165, 1.54) is 6.92 Å². The summed E-state index contributed by atoms with van der Waals surface area (Å²) in [6.07, 6.45) is -3.54. The van der Waals surface area contributed by atoms with Gasteiger partial charge in [-0.15, -0.1) is 0 Å². The molecular formula is C29H37FN3O10P. The molecule has 44 heavy (non-hydrogen) atoms. The average molecular weight is 638 g/mol. The largest absolute Gasteiger partial charge is 0.464 e. The summed E-state index contributed by atoms with van der Waals surface area (Å²) < 4.78 is 51.9. The van der Waals surface area contributed by atoms with E-state index in [1.807, 2.05) is 37.0 Å². The van der Waals surface area contributed by atoms with Crippen LogP contribution in [0.3, 0.4) is 0 Å². The number of aliphatic hydroxyl groups is 2. The van der Waals surface area contributed by atoms with Gasteiger partial charge in [0.15, 0.2) is 0 Å². The zero-order valence-electron chi connectivity index (χ0n) is 24.6. The molecule has 0 unspecified atom stereocenters. The first-order valence-electron chi connectivity index (χ1n) is 14.3. The third kappa shape index (κ3) is 7.81. The van der Waals surface area contributed by atoms with Crippen LogP contribution in [0.1, 0.15) is 46.3 Å². The van der Waals surface area contributed by atoms with Crippen LogP contribution in [0.4, 0.5) is 4.39 Å². The second kappa shape index (κ2) is 14.6. The molecule has 2 aromatic carbocycles. The molecule has 13 nitrogen and oxygen atoms in total. The standard InChI is InChI=1S/C29H37FN3O10P/c1-4-18(5-2)16-40-28(37)17(3)32-44(39,42-23-12-8-10-19-9-6-7-11-20(19)23)43-24(15-34)26-22(35)13-25(41-26)33-14-21(30)27(36)31-29(33)38/h6-12,14,17-18,22,24-26,34-35H,4-5,13,15-16H2,1-3H3,(H,32,39)(H,31,36,38)/t17-,22-,24+,25+,26-,44-/m0/s1. The maximum absolute atomic E-state index is 14.4. The first kappa shape index (κ1) is 33.5. The first-order chi connectivity index (χ1) is 21.0. The topological polar surface area (TPSA) is 178 Å². The molecular weight excluding hydrogens is 600 g/mol. The maximum Gasteiger partial charge on any atom is 0.459 e. The van der Waals surface area contributed by atoms with Crippen LogP contribution < -0.4 is 20.9 Å². The van der Waals surface area contributed by atoms with Crippen LogP contribution >= 0.6 is 7.75 Å². The molecule has 1 aliphatic rings. The molecule has 15 heteroatoms. The molecule has 1 aromatic heterocycles. The Hall–Kier alpha value is -3.39. The molecule has 0 radical (unpaired) electrons. The van der Waals surface area contributed by atoms with Gasteiger partial charge in [-0.05, 0) is 24.3 Å². The number of hydrogen-bond donors (Lipinski definition) is 4. The zero-order chi connectivity index (χ0) is 32.0. The predicted molar refractivity (Wildman–Crippen MR) is 158 cm³/mol. The van der Waals surface area contributed by atoms with Crippen molar-refractivity contribution in [3.05, 3.63) is 75.3 Å². The van der Waals surface area contributed by atoms with Crippen molar-refractivity contribution in [1.82, 2.24) is 14.6 Å². The van der Waals surface area contributed by atoms with Crippen molar-refractivity contribution in [3.8, 4) is 5.75 Å². The quantitative estimate of drug-likeness (QED) is 0.151. The van der Waals surface area contributed by atoms with Gasteiger partial charge in [-0.1, -0.05) is 63.1 Å². The lowest BCUT2D eigenvalue weighted by atomic mass is 10.1. The lowest BCUT2D eigenvalue weighted by Crippen LogP contribution is -2.42. The van der Waals surface area contributed by atoms with Gasteiger partial charge in [0.05, 0.1) is 25.5 Å². The van der Waals surface area contributed by atoms with Crippen molar-refractivity contribution in [2.24, 2.45) is 5.92 Å². The summed E-state index contributed by atoms with van der Waals surface area (Å²) in [6, 6.07) is 11.0. The fourth-order valence-electron chi connectivity index (χ4n) is 4.86. The number of H-pyrrole nitrogens is 1. The van der Waals surface area contributed by atoms with Crippen LogP contribution in [0, 0.1) is 11.7 Å².